The molecule has 2 amide bonds. The van der Waals surface area contributed by atoms with Crippen molar-refractivity contribution in [1.82, 2.24) is 0 Å². The van der Waals surface area contributed by atoms with Crippen LogP contribution in [0.2, 0.25) is 0 Å². The Hall–Kier alpha value is -2.95. The normalized spacial score (nSPS) is 11.0. The Bertz CT molecular complexity index is 770. The molecule has 124 valence electrons. The quantitative estimate of drug-likeness (QED) is 0.846. The Labute approximate surface area is 140 Å². The van der Waals surface area contributed by atoms with Gasteiger partial charge >= 0.3 is 0 Å². The van der Waals surface area contributed by atoms with Gasteiger partial charge in [0.15, 0.2) is 5.78 Å². The maximum atomic E-state index is 12.2. The van der Waals surface area contributed by atoms with Crippen LogP contribution in [-0.2, 0) is 0 Å². The summed E-state index contributed by atoms with van der Waals surface area (Å²) < 4.78 is 0. The predicted molar refractivity (Wildman–Crippen MR) is 93.1 cm³/mol. The second kappa shape index (κ2) is 6.66. The smallest absolute Gasteiger partial charge is 0.255 e. The summed E-state index contributed by atoms with van der Waals surface area (Å²) in [6.07, 6.45) is 0. The van der Waals surface area contributed by atoms with Crippen LogP contribution in [0.5, 0.6) is 0 Å². The molecular formula is C19H20N2O3. The molecule has 0 fully saturated rings. The van der Waals surface area contributed by atoms with Crippen LogP contribution in [0.3, 0.4) is 0 Å². The zero-order valence-corrected chi connectivity index (χ0v) is 13.9. The number of ketones is 1. The van der Waals surface area contributed by atoms with E-state index in [1.165, 1.54) is 0 Å². The summed E-state index contributed by atoms with van der Waals surface area (Å²) >= 11 is 0. The van der Waals surface area contributed by atoms with Crippen molar-refractivity contribution in [3.8, 4) is 0 Å². The molecule has 0 unspecified atom stereocenters. The van der Waals surface area contributed by atoms with E-state index in [0.717, 1.165) is 0 Å². The van der Waals surface area contributed by atoms with Crippen LogP contribution in [-0.4, -0.2) is 17.6 Å². The number of hydrogen-bond acceptors (Lipinski definition) is 3. The van der Waals surface area contributed by atoms with E-state index in [4.69, 9.17) is 5.73 Å². The molecule has 5 heteroatoms. The third-order valence-corrected chi connectivity index (χ3v) is 3.52. The van der Waals surface area contributed by atoms with E-state index in [0.29, 0.717) is 22.4 Å². The van der Waals surface area contributed by atoms with Crippen molar-refractivity contribution in [2.45, 2.75) is 20.8 Å². The van der Waals surface area contributed by atoms with Gasteiger partial charge in [0.2, 0.25) is 5.91 Å². The Morgan fingerprint density at radius 2 is 1.25 bits per heavy atom. The van der Waals surface area contributed by atoms with Gasteiger partial charge in [-0.3, -0.25) is 14.4 Å². The average Bonchev–Trinajstić information content (AvgIpc) is 2.54. The molecule has 2 aromatic rings. The lowest BCUT2D eigenvalue weighted by Crippen LogP contribution is -2.20. The van der Waals surface area contributed by atoms with Gasteiger partial charge in [0.1, 0.15) is 0 Å². The van der Waals surface area contributed by atoms with Crippen molar-refractivity contribution in [3.63, 3.8) is 0 Å². The molecule has 0 aromatic heterocycles. The maximum Gasteiger partial charge on any atom is 0.255 e. The molecule has 0 saturated heterocycles. The zero-order chi connectivity index (χ0) is 17.9. The second-order valence-electron chi connectivity index (χ2n) is 6.55. The minimum atomic E-state index is -0.521. The van der Waals surface area contributed by atoms with Gasteiger partial charge in [0, 0.05) is 27.8 Å². The van der Waals surface area contributed by atoms with Crippen LogP contribution in [0.25, 0.3) is 0 Å². The number of benzene rings is 2. The summed E-state index contributed by atoms with van der Waals surface area (Å²) in [5.74, 6) is -0.792. The van der Waals surface area contributed by atoms with E-state index in [-0.39, 0.29) is 11.7 Å². The Morgan fingerprint density at radius 3 is 1.71 bits per heavy atom. The molecule has 0 aliphatic heterocycles. The van der Waals surface area contributed by atoms with Gasteiger partial charge in [0.05, 0.1) is 0 Å². The number of nitrogens with two attached hydrogens (primary N) is 1. The number of primary amides is 1. The highest BCUT2D eigenvalue weighted by Crippen LogP contribution is 2.21. The number of carbonyl (C=O) groups excluding carboxylic acids is 3. The fraction of sp³-hybridized carbons (Fsp3) is 0.211. The van der Waals surface area contributed by atoms with Crippen LogP contribution >= 0.6 is 0 Å². The Balaban J connectivity index is 2.10. The van der Waals surface area contributed by atoms with E-state index in [2.05, 4.69) is 5.32 Å². The molecule has 0 saturated carbocycles. The van der Waals surface area contributed by atoms with Crippen molar-refractivity contribution >= 4 is 23.3 Å². The lowest BCUT2D eigenvalue weighted by atomic mass is 9.86. The van der Waals surface area contributed by atoms with Crippen molar-refractivity contribution < 1.29 is 14.4 Å². The highest BCUT2D eigenvalue weighted by atomic mass is 16.2. The van der Waals surface area contributed by atoms with E-state index >= 15 is 0 Å². The third-order valence-electron chi connectivity index (χ3n) is 3.52. The van der Waals surface area contributed by atoms with Gasteiger partial charge in [-0.1, -0.05) is 32.9 Å². The molecule has 0 atom stereocenters. The summed E-state index contributed by atoms with van der Waals surface area (Å²) in [5, 5.41) is 2.73. The number of Topliss-reactive ketones (excluding diaryl/α,β-unsaturated/α-hetero) is 1. The summed E-state index contributed by atoms with van der Waals surface area (Å²) in [6, 6.07) is 12.8. The standard InChI is InChI=1S/C19H20N2O3/c1-19(2,3)16(22)12-4-6-14(7-5-12)18(24)21-15-10-8-13(9-11-15)17(20)23/h4-11H,1-3H3,(H2,20,23)(H,21,24). The van der Waals surface area contributed by atoms with Gasteiger partial charge < -0.3 is 11.1 Å². The monoisotopic (exact) mass is 324 g/mol. The molecule has 2 rings (SSSR count). The van der Waals surface area contributed by atoms with E-state index in [1.807, 2.05) is 20.8 Å². The summed E-state index contributed by atoms with van der Waals surface area (Å²) in [5.41, 5.74) is 6.65. The Morgan fingerprint density at radius 1 is 0.792 bits per heavy atom. The van der Waals surface area contributed by atoms with E-state index in [9.17, 15) is 14.4 Å². The second-order valence-corrected chi connectivity index (χ2v) is 6.55. The maximum absolute atomic E-state index is 12.2. The number of anilines is 1. The summed E-state index contributed by atoms with van der Waals surface area (Å²) in [6.45, 7) is 5.56. The third kappa shape index (κ3) is 4.07. The Kier molecular flexibility index (Phi) is 4.83. The highest BCUT2D eigenvalue weighted by Gasteiger charge is 2.22. The summed E-state index contributed by atoms with van der Waals surface area (Å²) in [7, 11) is 0. The molecule has 3 N–H and O–H groups in total. The largest absolute Gasteiger partial charge is 0.366 e. The molecule has 24 heavy (non-hydrogen) atoms. The molecule has 0 bridgehead atoms. The van der Waals surface area contributed by atoms with Gasteiger partial charge in [-0.2, -0.15) is 0 Å². The van der Waals surface area contributed by atoms with E-state index in [1.54, 1.807) is 48.5 Å². The van der Waals surface area contributed by atoms with Crippen LogP contribution in [0.4, 0.5) is 5.69 Å². The molecule has 0 heterocycles. The minimum absolute atomic E-state index is 0.0245. The van der Waals surface area contributed by atoms with Gasteiger partial charge in [-0.15, -0.1) is 0 Å². The predicted octanol–water partition coefficient (Wildman–Crippen LogP) is 3.27. The fourth-order valence-corrected chi connectivity index (χ4v) is 2.13. The number of carbonyl (C=O) groups is 3. The number of amides is 2. The first-order valence-electron chi connectivity index (χ1n) is 7.54. The SMILES string of the molecule is CC(C)(C)C(=O)c1ccc(C(=O)Nc2ccc(C(N)=O)cc2)cc1. The number of nitrogens with one attached hydrogen (secondary N) is 1. The van der Waals surface area contributed by atoms with Crippen molar-refractivity contribution in [2.24, 2.45) is 11.1 Å². The lowest BCUT2D eigenvalue weighted by molar-refractivity contribution is 0.0857. The van der Waals surface area contributed by atoms with Crippen LogP contribution in [0, 0.1) is 5.41 Å². The molecule has 5 nitrogen and oxygen atoms in total. The molecule has 0 aliphatic rings. The molecule has 0 aliphatic carbocycles. The van der Waals surface area contributed by atoms with Crippen LogP contribution < -0.4 is 11.1 Å². The van der Waals surface area contributed by atoms with Crippen LogP contribution in [0.1, 0.15) is 51.8 Å². The van der Waals surface area contributed by atoms with Crippen molar-refractivity contribution in [1.29, 1.82) is 0 Å². The molecule has 0 spiro atoms. The number of hydrogen-bond donors (Lipinski definition) is 2. The highest BCUT2D eigenvalue weighted by molar-refractivity contribution is 6.06. The van der Waals surface area contributed by atoms with E-state index < -0.39 is 11.3 Å². The molecule has 0 radical (unpaired) electrons. The average molecular weight is 324 g/mol. The van der Waals surface area contributed by atoms with Gasteiger partial charge in [0.25, 0.3) is 5.91 Å². The minimum Gasteiger partial charge on any atom is -0.366 e. The molecule has 2 aromatic carbocycles. The van der Waals surface area contributed by atoms with Gasteiger partial charge in [-0.05, 0) is 36.4 Å². The first-order chi connectivity index (χ1) is 11.2. The van der Waals surface area contributed by atoms with Crippen molar-refractivity contribution in [3.05, 3.63) is 65.2 Å². The summed E-state index contributed by atoms with van der Waals surface area (Å²) in [4.78, 5) is 35.4. The molecular weight excluding hydrogens is 304 g/mol. The lowest BCUT2D eigenvalue weighted by Gasteiger charge is -2.16. The fourth-order valence-electron chi connectivity index (χ4n) is 2.13. The zero-order valence-electron chi connectivity index (χ0n) is 13.9. The first-order valence-corrected chi connectivity index (χ1v) is 7.54. The topological polar surface area (TPSA) is 89.3 Å². The van der Waals surface area contributed by atoms with Crippen molar-refractivity contribution in [2.75, 3.05) is 5.32 Å². The van der Waals surface area contributed by atoms with Gasteiger partial charge in [-0.25, -0.2) is 0 Å². The van der Waals surface area contributed by atoms with Crippen LogP contribution in [0.15, 0.2) is 48.5 Å². The number of rotatable bonds is 4. The first kappa shape index (κ1) is 17.4.